The van der Waals surface area contributed by atoms with Gasteiger partial charge in [0.05, 0.1) is 10.2 Å². The van der Waals surface area contributed by atoms with Crippen LogP contribution >= 0.6 is 11.3 Å². The summed E-state index contributed by atoms with van der Waals surface area (Å²) in [5.41, 5.74) is 1.59. The Morgan fingerprint density at radius 3 is 2.55 bits per heavy atom. The molecule has 2 nitrogen and oxygen atoms in total. The minimum absolute atomic E-state index is 0.542. The lowest BCUT2D eigenvalue weighted by molar-refractivity contribution is 0.580. The molecule has 0 aliphatic carbocycles. The van der Waals surface area contributed by atoms with Crippen molar-refractivity contribution in [1.29, 1.82) is 0 Å². The molecule has 3 rings (SSSR count). The fourth-order valence-corrected chi connectivity index (χ4v) is 2.91. The monoisotopic (exact) mass is 290 g/mol. The van der Waals surface area contributed by atoms with Crippen LogP contribution in [0.15, 0.2) is 42.5 Å². The molecule has 1 N–H and O–H groups in total. The first-order valence-electron chi connectivity index (χ1n) is 6.25. The van der Waals surface area contributed by atoms with Gasteiger partial charge in [0.15, 0.2) is 5.13 Å². The fourth-order valence-electron chi connectivity index (χ4n) is 2.02. The van der Waals surface area contributed by atoms with Gasteiger partial charge in [-0.1, -0.05) is 23.5 Å². The summed E-state index contributed by atoms with van der Waals surface area (Å²) in [4.78, 5) is 4.44. The van der Waals surface area contributed by atoms with Gasteiger partial charge in [-0.2, -0.15) is 0 Å². The second-order valence-corrected chi connectivity index (χ2v) is 5.47. The van der Waals surface area contributed by atoms with Gasteiger partial charge in [-0.15, -0.1) is 0 Å². The second-order valence-electron chi connectivity index (χ2n) is 4.44. The number of hydrogen-bond donors (Lipinski definition) is 1. The van der Waals surface area contributed by atoms with Crippen LogP contribution in [0.4, 0.5) is 13.9 Å². The molecule has 0 saturated carbocycles. The van der Waals surface area contributed by atoms with Crippen LogP contribution in [-0.4, -0.2) is 11.5 Å². The summed E-state index contributed by atoms with van der Waals surface area (Å²) >= 11 is 1.57. The van der Waals surface area contributed by atoms with Crippen molar-refractivity contribution in [3.05, 3.63) is 59.7 Å². The number of aromatic nitrogens is 1. The number of anilines is 1. The van der Waals surface area contributed by atoms with Crippen molar-refractivity contribution in [1.82, 2.24) is 4.98 Å². The summed E-state index contributed by atoms with van der Waals surface area (Å²) in [5, 5.41) is 4.01. The van der Waals surface area contributed by atoms with Crippen LogP contribution in [-0.2, 0) is 6.42 Å². The van der Waals surface area contributed by atoms with E-state index in [2.05, 4.69) is 10.3 Å². The Kier molecular flexibility index (Phi) is 3.60. The van der Waals surface area contributed by atoms with Gasteiger partial charge < -0.3 is 5.32 Å². The maximum atomic E-state index is 13.0. The standard InChI is InChI=1S/C15H12F2N2S/c16-11-7-10(8-12(17)9-11)5-6-18-15-19-13-3-1-2-4-14(13)20-15/h1-4,7-9H,5-6H2,(H,18,19). The summed E-state index contributed by atoms with van der Waals surface area (Å²) in [7, 11) is 0. The van der Waals surface area contributed by atoms with Crippen molar-refractivity contribution in [2.24, 2.45) is 0 Å². The van der Waals surface area contributed by atoms with Crippen LogP contribution in [0.25, 0.3) is 10.2 Å². The maximum Gasteiger partial charge on any atom is 0.183 e. The smallest absolute Gasteiger partial charge is 0.183 e. The summed E-state index contributed by atoms with van der Waals surface area (Å²) < 4.78 is 27.2. The molecule has 102 valence electrons. The zero-order valence-corrected chi connectivity index (χ0v) is 11.4. The van der Waals surface area contributed by atoms with Gasteiger partial charge in [0.1, 0.15) is 11.6 Å². The third-order valence-electron chi connectivity index (χ3n) is 2.91. The van der Waals surface area contributed by atoms with E-state index in [1.54, 1.807) is 11.3 Å². The van der Waals surface area contributed by atoms with Crippen LogP contribution in [0.2, 0.25) is 0 Å². The first-order valence-corrected chi connectivity index (χ1v) is 7.07. The third-order valence-corrected chi connectivity index (χ3v) is 3.90. The van der Waals surface area contributed by atoms with E-state index in [1.807, 2.05) is 24.3 Å². The van der Waals surface area contributed by atoms with Crippen molar-refractivity contribution in [2.45, 2.75) is 6.42 Å². The highest BCUT2D eigenvalue weighted by Crippen LogP contribution is 2.25. The average Bonchev–Trinajstić information content (AvgIpc) is 2.80. The maximum absolute atomic E-state index is 13.0. The quantitative estimate of drug-likeness (QED) is 0.778. The summed E-state index contributed by atoms with van der Waals surface area (Å²) in [5.74, 6) is -1.08. The number of nitrogens with zero attached hydrogens (tertiary/aromatic N) is 1. The topological polar surface area (TPSA) is 24.9 Å². The van der Waals surface area contributed by atoms with Crippen molar-refractivity contribution < 1.29 is 8.78 Å². The van der Waals surface area contributed by atoms with Gasteiger partial charge in [0, 0.05) is 12.6 Å². The van der Waals surface area contributed by atoms with Crippen molar-refractivity contribution in [2.75, 3.05) is 11.9 Å². The van der Waals surface area contributed by atoms with Gasteiger partial charge in [-0.3, -0.25) is 0 Å². The van der Waals surface area contributed by atoms with E-state index >= 15 is 0 Å². The van der Waals surface area contributed by atoms with Gasteiger partial charge in [-0.25, -0.2) is 13.8 Å². The number of halogens is 2. The molecule has 0 bridgehead atoms. The van der Waals surface area contributed by atoms with Gasteiger partial charge in [0.2, 0.25) is 0 Å². The highest BCUT2D eigenvalue weighted by Gasteiger charge is 2.03. The Hall–Kier alpha value is -2.01. The average molecular weight is 290 g/mol. The molecule has 0 aliphatic rings. The fraction of sp³-hybridized carbons (Fsp3) is 0.133. The predicted octanol–water partition coefficient (Wildman–Crippen LogP) is 4.23. The molecule has 0 radical (unpaired) electrons. The van der Waals surface area contributed by atoms with Crippen LogP contribution in [0, 0.1) is 11.6 Å². The van der Waals surface area contributed by atoms with E-state index in [4.69, 9.17) is 0 Å². The molecule has 2 aromatic carbocycles. The summed E-state index contributed by atoms with van der Waals surface area (Å²) in [6.45, 7) is 0.586. The van der Waals surface area contributed by atoms with Crippen LogP contribution < -0.4 is 5.32 Å². The molecule has 5 heteroatoms. The van der Waals surface area contributed by atoms with Crippen molar-refractivity contribution in [3.8, 4) is 0 Å². The first-order chi connectivity index (χ1) is 9.70. The van der Waals surface area contributed by atoms with Gasteiger partial charge in [0.25, 0.3) is 0 Å². The molecule has 0 saturated heterocycles. The first kappa shape index (κ1) is 13.0. The second kappa shape index (κ2) is 5.54. The van der Waals surface area contributed by atoms with Crippen molar-refractivity contribution >= 4 is 26.7 Å². The lowest BCUT2D eigenvalue weighted by Gasteiger charge is -2.03. The van der Waals surface area contributed by atoms with Crippen LogP contribution in [0.1, 0.15) is 5.56 Å². The molecule has 3 aromatic rings. The molecule has 1 heterocycles. The summed E-state index contributed by atoms with van der Waals surface area (Å²) in [6.07, 6.45) is 0.546. The van der Waals surface area contributed by atoms with Gasteiger partial charge in [-0.05, 0) is 36.2 Å². The van der Waals surface area contributed by atoms with E-state index in [0.717, 1.165) is 21.4 Å². The molecule has 0 atom stereocenters. The molecule has 0 spiro atoms. The third kappa shape index (κ3) is 2.93. The highest BCUT2D eigenvalue weighted by atomic mass is 32.1. The Morgan fingerprint density at radius 1 is 1.05 bits per heavy atom. The van der Waals surface area contributed by atoms with E-state index < -0.39 is 11.6 Å². The molecule has 20 heavy (non-hydrogen) atoms. The Labute approximate surface area is 119 Å². The normalized spacial score (nSPS) is 10.9. The molecule has 0 unspecified atom stereocenters. The molecule has 0 amide bonds. The van der Waals surface area contributed by atoms with E-state index in [0.29, 0.717) is 18.5 Å². The predicted molar refractivity (Wildman–Crippen MR) is 78.2 cm³/mol. The lowest BCUT2D eigenvalue weighted by atomic mass is 10.1. The summed E-state index contributed by atoms with van der Waals surface area (Å²) in [6, 6.07) is 11.5. The largest absolute Gasteiger partial charge is 0.361 e. The zero-order chi connectivity index (χ0) is 13.9. The number of thiazole rings is 1. The number of hydrogen-bond acceptors (Lipinski definition) is 3. The van der Waals surface area contributed by atoms with E-state index in [1.165, 1.54) is 12.1 Å². The number of benzene rings is 2. The number of para-hydroxylation sites is 1. The number of fused-ring (bicyclic) bond motifs is 1. The molecular weight excluding hydrogens is 278 g/mol. The van der Waals surface area contributed by atoms with Crippen LogP contribution in [0.5, 0.6) is 0 Å². The Bertz CT molecular complexity index is 686. The van der Waals surface area contributed by atoms with Gasteiger partial charge >= 0.3 is 0 Å². The van der Waals surface area contributed by atoms with E-state index in [-0.39, 0.29) is 0 Å². The van der Waals surface area contributed by atoms with Crippen LogP contribution in [0.3, 0.4) is 0 Å². The minimum Gasteiger partial charge on any atom is -0.361 e. The number of nitrogens with one attached hydrogen (secondary N) is 1. The minimum atomic E-state index is -0.542. The molecule has 0 fully saturated rings. The zero-order valence-electron chi connectivity index (χ0n) is 10.6. The Morgan fingerprint density at radius 2 is 1.80 bits per heavy atom. The Balaban J connectivity index is 1.64. The molecular formula is C15H12F2N2S. The molecule has 0 aliphatic heterocycles. The lowest BCUT2D eigenvalue weighted by Crippen LogP contribution is -2.05. The molecule has 1 aromatic heterocycles. The number of rotatable bonds is 4. The highest BCUT2D eigenvalue weighted by molar-refractivity contribution is 7.22. The SMILES string of the molecule is Fc1cc(F)cc(CCNc2nc3ccccc3s2)c1. The van der Waals surface area contributed by atoms with E-state index in [9.17, 15) is 8.78 Å². The van der Waals surface area contributed by atoms with Crippen molar-refractivity contribution in [3.63, 3.8) is 0 Å².